The third kappa shape index (κ3) is 1.79. The summed E-state index contributed by atoms with van der Waals surface area (Å²) in [6, 6.07) is 14.3. The molecule has 2 aromatic carbocycles. The minimum absolute atomic E-state index is 0.0871. The van der Waals surface area contributed by atoms with E-state index in [0.717, 1.165) is 28.5 Å². The molecule has 2 heteroatoms. The van der Waals surface area contributed by atoms with Gasteiger partial charge in [0.15, 0.2) is 5.78 Å². The van der Waals surface area contributed by atoms with E-state index in [2.05, 4.69) is 23.2 Å². The Bertz CT molecular complexity index is 861. The molecule has 0 aliphatic heterocycles. The summed E-state index contributed by atoms with van der Waals surface area (Å²) in [5, 5.41) is 2.32. The van der Waals surface area contributed by atoms with E-state index in [1.54, 1.807) is 0 Å². The molecule has 0 amide bonds. The number of aromatic nitrogens is 1. The summed E-state index contributed by atoms with van der Waals surface area (Å²) in [5.41, 5.74) is 4.32. The topological polar surface area (TPSA) is 30.0 Å². The number of hydrogen-bond donors (Lipinski definition) is 0. The van der Waals surface area contributed by atoms with E-state index in [9.17, 15) is 4.79 Å². The molecule has 1 atom stereocenters. The standard InChI is InChI=1S/C19H15NO/c1-12-9-17-15(7-4-8-16(17)19(12)21)18-11-20-10-13-5-2-3-6-14(13)18/h2-8,10-12H,9H2,1H3. The molecular formula is C19H15NO. The maximum Gasteiger partial charge on any atom is 0.166 e. The molecule has 0 bridgehead atoms. The number of rotatable bonds is 1. The van der Waals surface area contributed by atoms with E-state index in [4.69, 9.17) is 0 Å². The Morgan fingerprint density at radius 1 is 0.952 bits per heavy atom. The smallest absolute Gasteiger partial charge is 0.166 e. The minimum Gasteiger partial charge on any atom is -0.294 e. The van der Waals surface area contributed by atoms with Crippen LogP contribution in [0.2, 0.25) is 0 Å². The number of pyridine rings is 1. The molecule has 1 unspecified atom stereocenters. The number of benzene rings is 2. The van der Waals surface area contributed by atoms with Crippen LogP contribution in [0, 0.1) is 5.92 Å². The van der Waals surface area contributed by atoms with E-state index >= 15 is 0 Å². The van der Waals surface area contributed by atoms with Crippen molar-refractivity contribution >= 4 is 16.6 Å². The highest BCUT2D eigenvalue weighted by Crippen LogP contribution is 2.37. The lowest BCUT2D eigenvalue weighted by Crippen LogP contribution is -2.02. The molecule has 1 heterocycles. The predicted molar refractivity (Wildman–Crippen MR) is 84.4 cm³/mol. The van der Waals surface area contributed by atoms with Crippen molar-refractivity contribution in [3.05, 3.63) is 66.0 Å². The lowest BCUT2D eigenvalue weighted by Gasteiger charge is -2.10. The van der Waals surface area contributed by atoms with Crippen molar-refractivity contribution in [2.75, 3.05) is 0 Å². The fourth-order valence-corrected chi connectivity index (χ4v) is 3.29. The van der Waals surface area contributed by atoms with Gasteiger partial charge in [-0.05, 0) is 22.9 Å². The molecule has 0 saturated carbocycles. The Labute approximate surface area is 123 Å². The van der Waals surface area contributed by atoms with Crippen molar-refractivity contribution < 1.29 is 4.79 Å². The van der Waals surface area contributed by atoms with Gasteiger partial charge in [-0.1, -0.05) is 49.4 Å². The van der Waals surface area contributed by atoms with Crippen molar-refractivity contribution in [3.63, 3.8) is 0 Å². The van der Waals surface area contributed by atoms with Gasteiger partial charge in [0.2, 0.25) is 0 Å². The van der Waals surface area contributed by atoms with E-state index in [-0.39, 0.29) is 11.7 Å². The third-order valence-corrected chi connectivity index (χ3v) is 4.36. The summed E-state index contributed by atoms with van der Waals surface area (Å²) in [6.07, 6.45) is 4.62. The van der Waals surface area contributed by atoms with Crippen molar-refractivity contribution in [1.82, 2.24) is 4.98 Å². The van der Waals surface area contributed by atoms with Crippen molar-refractivity contribution in [3.8, 4) is 11.1 Å². The highest BCUT2D eigenvalue weighted by atomic mass is 16.1. The molecule has 0 radical (unpaired) electrons. The molecule has 0 saturated heterocycles. The minimum atomic E-state index is 0.0871. The first kappa shape index (κ1) is 12.3. The Balaban J connectivity index is 2.02. The van der Waals surface area contributed by atoms with Gasteiger partial charge in [-0.25, -0.2) is 0 Å². The number of ketones is 1. The first-order valence-electron chi connectivity index (χ1n) is 7.25. The molecule has 4 rings (SSSR count). The van der Waals surface area contributed by atoms with Crippen LogP contribution >= 0.6 is 0 Å². The fraction of sp³-hybridized carbons (Fsp3) is 0.158. The summed E-state index contributed by atoms with van der Waals surface area (Å²) in [7, 11) is 0. The highest BCUT2D eigenvalue weighted by molar-refractivity contribution is 6.05. The lowest BCUT2D eigenvalue weighted by molar-refractivity contribution is 0.0946. The molecule has 1 aliphatic carbocycles. The monoisotopic (exact) mass is 273 g/mol. The molecule has 0 N–H and O–H groups in total. The van der Waals surface area contributed by atoms with Gasteiger partial charge in [0.25, 0.3) is 0 Å². The summed E-state index contributed by atoms with van der Waals surface area (Å²) < 4.78 is 0. The maximum atomic E-state index is 12.2. The van der Waals surface area contributed by atoms with E-state index in [1.807, 2.05) is 43.6 Å². The number of fused-ring (bicyclic) bond motifs is 2. The molecule has 3 aromatic rings. The van der Waals surface area contributed by atoms with Crippen LogP contribution in [-0.2, 0) is 6.42 Å². The molecule has 0 spiro atoms. The second kappa shape index (κ2) is 4.52. The van der Waals surface area contributed by atoms with E-state index < -0.39 is 0 Å². The van der Waals surface area contributed by atoms with Crippen LogP contribution in [0.1, 0.15) is 22.8 Å². The maximum absolute atomic E-state index is 12.2. The molecule has 2 nitrogen and oxygen atoms in total. The fourth-order valence-electron chi connectivity index (χ4n) is 3.29. The molecule has 0 fully saturated rings. The zero-order valence-corrected chi connectivity index (χ0v) is 11.8. The molecule has 21 heavy (non-hydrogen) atoms. The quantitative estimate of drug-likeness (QED) is 0.662. The van der Waals surface area contributed by atoms with Crippen LogP contribution in [0.15, 0.2) is 54.9 Å². The van der Waals surface area contributed by atoms with Gasteiger partial charge in [0, 0.05) is 34.8 Å². The summed E-state index contributed by atoms with van der Waals surface area (Å²) in [5.74, 6) is 0.351. The zero-order chi connectivity index (χ0) is 14.4. The first-order chi connectivity index (χ1) is 10.3. The number of carbonyl (C=O) groups excluding carboxylic acids is 1. The zero-order valence-electron chi connectivity index (χ0n) is 11.8. The Morgan fingerprint density at radius 3 is 2.67 bits per heavy atom. The number of hydrogen-bond acceptors (Lipinski definition) is 2. The second-order valence-corrected chi connectivity index (χ2v) is 5.71. The normalized spacial score (nSPS) is 17.2. The number of carbonyl (C=O) groups is 1. The Kier molecular flexibility index (Phi) is 2.64. The Morgan fingerprint density at radius 2 is 1.76 bits per heavy atom. The summed E-state index contributed by atoms with van der Waals surface area (Å²) in [6.45, 7) is 2.01. The van der Waals surface area contributed by atoms with E-state index in [1.165, 1.54) is 10.9 Å². The largest absolute Gasteiger partial charge is 0.294 e. The lowest BCUT2D eigenvalue weighted by atomic mass is 9.94. The molecular weight excluding hydrogens is 258 g/mol. The Hall–Kier alpha value is -2.48. The summed E-state index contributed by atoms with van der Waals surface area (Å²) in [4.78, 5) is 16.6. The van der Waals surface area contributed by atoms with Crippen molar-refractivity contribution in [2.24, 2.45) is 5.92 Å². The van der Waals surface area contributed by atoms with Crippen LogP contribution in [0.25, 0.3) is 21.9 Å². The highest BCUT2D eigenvalue weighted by Gasteiger charge is 2.29. The molecule has 102 valence electrons. The van der Waals surface area contributed by atoms with Gasteiger partial charge >= 0.3 is 0 Å². The number of Topliss-reactive ketones (excluding diaryl/α,β-unsaturated/α-hetero) is 1. The average molecular weight is 273 g/mol. The first-order valence-corrected chi connectivity index (χ1v) is 7.25. The van der Waals surface area contributed by atoms with Gasteiger partial charge in [0.05, 0.1) is 0 Å². The SMILES string of the molecule is CC1Cc2c(cccc2-c2cncc3ccccc23)C1=O. The van der Waals surface area contributed by atoms with E-state index in [0.29, 0.717) is 0 Å². The second-order valence-electron chi connectivity index (χ2n) is 5.71. The van der Waals surface area contributed by atoms with Crippen molar-refractivity contribution in [1.29, 1.82) is 0 Å². The average Bonchev–Trinajstić information content (AvgIpc) is 2.82. The third-order valence-electron chi connectivity index (χ3n) is 4.36. The van der Waals surface area contributed by atoms with Gasteiger partial charge in [-0.2, -0.15) is 0 Å². The molecule has 1 aliphatic rings. The predicted octanol–water partition coefficient (Wildman–Crippen LogP) is 4.28. The van der Waals surface area contributed by atoms with Crippen LogP contribution in [0.4, 0.5) is 0 Å². The van der Waals surface area contributed by atoms with Crippen LogP contribution < -0.4 is 0 Å². The van der Waals surface area contributed by atoms with Gasteiger partial charge in [0.1, 0.15) is 0 Å². The summed E-state index contributed by atoms with van der Waals surface area (Å²) >= 11 is 0. The van der Waals surface area contributed by atoms with Crippen LogP contribution in [0.5, 0.6) is 0 Å². The number of nitrogens with zero attached hydrogens (tertiary/aromatic N) is 1. The van der Waals surface area contributed by atoms with Gasteiger partial charge < -0.3 is 0 Å². The van der Waals surface area contributed by atoms with Gasteiger partial charge in [-0.3, -0.25) is 9.78 Å². The van der Waals surface area contributed by atoms with Gasteiger partial charge in [-0.15, -0.1) is 0 Å². The van der Waals surface area contributed by atoms with Crippen LogP contribution in [0.3, 0.4) is 0 Å². The van der Waals surface area contributed by atoms with Crippen LogP contribution in [-0.4, -0.2) is 10.8 Å². The molecule has 1 aromatic heterocycles. The van der Waals surface area contributed by atoms with Crippen molar-refractivity contribution in [2.45, 2.75) is 13.3 Å².